The molecule has 1 atom stereocenters. The first kappa shape index (κ1) is 16.6. The molecule has 1 unspecified atom stereocenters. The maximum Gasteiger partial charge on any atom is 0.319 e. The van der Waals surface area contributed by atoms with Gasteiger partial charge in [-0.25, -0.2) is 4.79 Å². The fourth-order valence-electron chi connectivity index (χ4n) is 2.38. The number of benzene rings is 1. The summed E-state index contributed by atoms with van der Waals surface area (Å²) in [7, 11) is 2.02. The summed E-state index contributed by atoms with van der Waals surface area (Å²) in [4.78, 5) is 12.0. The molecule has 0 aliphatic carbocycles. The van der Waals surface area contributed by atoms with E-state index in [9.17, 15) is 4.79 Å². The molecule has 0 spiro atoms. The van der Waals surface area contributed by atoms with Gasteiger partial charge < -0.3 is 15.2 Å². The second-order valence-electron chi connectivity index (χ2n) is 5.68. The Labute approximate surface area is 136 Å². The van der Waals surface area contributed by atoms with Gasteiger partial charge in [-0.1, -0.05) is 12.1 Å². The second-order valence-corrected chi connectivity index (χ2v) is 5.68. The van der Waals surface area contributed by atoms with Gasteiger partial charge in [0.1, 0.15) is 0 Å². The minimum absolute atomic E-state index is 0.0859. The van der Waals surface area contributed by atoms with Gasteiger partial charge in [0.05, 0.1) is 12.5 Å². The Kier molecular flexibility index (Phi) is 5.81. The van der Waals surface area contributed by atoms with E-state index in [1.165, 1.54) is 5.69 Å². The third-order valence-corrected chi connectivity index (χ3v) is 3.76. The van der Waals surface area contributed by atoms with Gasteiger partial charge in [-0.15, -0.1) is 0 Å². The maximum absolute atomic E-state index is 12.0. The van der Waals surface area contributed by atoms with Crippen molar-refractivity contribution in [1.82, 2.24) is 9.88 Å². The average molecular weight is 310 g/mol. The molecular weight excluding hydrogens is 288 g/mol. The van der Waals surface area contributed by atoms with E-state index in [1.807, 2.05) is 38.4 Å². The lowest BCUT2D eigenvalue weighted by Gasteiger charge is -2.15. The minimum Gasteiger partial charge on any atom is -0.354 e. The Balaban J connectivity index is 1.77. The largest absolute Gasteiger partial charge is 0.354 e. The number of anilines is 1. The van der Waals surface area contributed by atoms with Crippen LogP contribution in [0.4, 0.5) is 10.5 Å². The zero-order valence-electron chi connectivity index (χ0n) is 13.5. The molecule has 5 heteroatoms. The van der Waals surface area contributed by atoms with E-state index in [-0.39, 0.29) is 12.1 Å². The molecular formula is C18H22N4O. The van der Waals surface area contributed by atoms with Crippen molar-refractivity contribution in [2.24, 2.45) is 7.05 Å². The Morgan fingerprint density at radius 1 is 1.30 bits per heavy atom. The van der Waals surface area contributed by atoms with Gasteiger partial charge in [-0.05, 0) is 49.6 Å². The summed E-state index contributed by atoms with van der Waals surface area (Å²) in [5.74, 6) is 0. The van der Waals surface area contributed by atoms with E-state index in [0.29, 0.717) is 6.42 Å². The predicted molar refractivity (Wildman–Crippen MR) is 91.1 cm³/mol. The van der Waals surface area contributed by atoms with Crippen LogP contribution in [0.25, 0.3) is 0 Å². The van der Waals surface area contributed by atoms with E-state index in [0.717, 1.165) is 24.1 Å². The smallest absolute Gasteiger partial charge is 0.319 e. The van der Waals surface area contributed by atoms with Crippen molar-refractivity contribution in [3.63, 3.8) is 0 Å². The predicted octanol–water partition coefficient (Wildman–Crippen LogP) is 3.23. The van der Waals surface area contributed by atoms with E-state index in [2.05, 4.69) is 27.3 Å². The van der Waals surface area contributed by atoms with E-state index < -0.39 is 0 Å². The monoisotopic (exact) mass is 310 g/mol. The lowest BCUT2D eigenvalue weighted by molar-refractivity contribution is 0.248. The van der Waals surface area contributed by atoms with Crippen LogP contribution in [0, 0.1) is 11.3 Å². The summed E-state index contributed by atoms with van der Waals surface area (Å²) in [5.41, 5.74) is 2.92. The molecule has 0 radical (unpaired) electrons. The summed E-state index contributed by atoms with van der Waals surface area (Å²) in [6.07, 6.45) is 4.21. The highest BCUT2D eigenvalue weighted by atomic mass is 16.2. The normalized spacial score (nSPS) is 11.5. The van der Waals surface area contributed by atoms with E-state index in [1.54, 1.807) is 12.1 Å². The summed E-state index contributed by atoms with van der Waals surface area (Å²) in [6, 6.07) is 13.4. The third kappa shape index (κ3) is 5.19. The lowest BCUT2D eigenvalue weighted by atomic mass is 10.1. The Hall–Kier alpha value is -2.74. The van der Waals surface area contributed by atoms with Crippen LogP contribution in [-0.2, 0) is 19.9 Å². The zero-order valence-corrected chi connectivity index (χ0v) is 13.5. The number of amides is 2. The number of carbonyl (C=O) groups is 1. The average Bonchev–Trinajstić information content (AvgIpc) is 2.92. The number of hydrogen-bond acceptors (Lipinski definition) is 2. The van der Waals surface area contributed by atoms with Crippen molar-refractivity contribution in [2.75, 3.05) is 5.32 Å². The highest BCUT2D eigenvalue weighted by Crippen LogP contribution is 2.10. The number of hydrogen-bond donors (Lipinski definition) is 2. The summed E-state index contributed by atoms with van der Waals surface area (Å²) >= 11 is 0. The number of aromatic nitrogens is 1. The molecule has 1 aromatic carbocycles. The molecule has 1 heterocycles. The Morgan fingerprint density at radius 3 is 2.65 bits per heavy atom. The molecule has 120 valence electrons. The highest BCUT2D eigenvalue weighted by molar-refractivity contribution is 5.89. The number of carbonyl (C=O) groups excluding carboxylic acids is 1. The van der Waals surface area contributed by atoms with Crippen LogP contribution in [0.2, 0.25) is 0 Å². The molecule has 0 saturated carbocycles. The fourth-order valence-corrected chi connectivity index (χ4v) is 2.38. The molecule has 0 fully saturated rings. The number of nitriles is 1. The number of urea groups is 1. The van der Waals surface area contributed by atoms with Gasteiger partial charge in [0, 0.05) is 30.7 Å². The van der Waals surface area contributed by atoms with Gasteiger partial charge in [-0.2, -0.15) is 5.26 Å². The van der Waals surface area contributed by atoms with Gasteiger partial charge >= 0.3 is 6.03 Å². The zero-order chi connectivity index (χ0) is 16.7. The van der Waals surface area contributed by atoms with Crippen molar-refractivity contribution < 1.29 is 4.79 Å². The van der Waals surface area contributed by atoms with Crippen LogP contribution in [-0.4, -0.2) is 16.6 Å². The van der Waals surface area contributed by atoms with E-state index >= 15 is 0 Å². The summed E-state index contributed by atoms with van der Waals surface area (Å²) in [6.45, 7) is 2.00. The van der Waals surface area contributed by atoms with Crippen molar-refractivity contribution in [2.45, 2.75) is 32.2 Å². The minimum atomic E-state index is -0.211. The van der Waals surface area contributed by atoms with Gasteiger partial charge in [0.15, 0.2) is 0 Å². The number of rotatable bonds is 6. The first-order chi connectivity index (χ1) is 11.1. The molecule has 0 saturated heterocycles. The quantitative estimate of drug-likeness (QED) is 0.860. The number of nitrogens with one attached hydrogen (secondary N) is 2. The molecule has 2 rings (SSSR count). The topological polar surface area (TPSA) is 69.8 Å². The summed E-state index contributed by atoms with van der Waals surface area (Å²) in [5, 5.41) is 14.4. The lowest BCUT2D eigenvalue weighted by Crippen LogP contribution is -2.36. The first-order valence-corrected chi connectivity index (χ1v) is 7.72. The van der Waals surface area contributed by atoms with Crippen LogP contribution in [0.5, 0.6) is 0 Å². The van der Waals surface area contributed by atoms with Crippen LogP contribution in [0.15, 0.2) is 42.6 Å². The molecule has 0 aliphatic rings. The first-order valence-electron chi connectivity index (χ1n) is 7.72. The maximum atomic E-state index is 12.0. The van der Waals surface area contributed by atoms with Crippen molar-refractivity contribution in [3.05, 3.63) is 53.9 Å². The number of aryl methyl sites for hydroxylation is 2. The van der Waals surface area contributed by atoms with E-state index in [4.69, 9.17) is 5.26 Å². The molecule has 5 nitrogen and oxygen atoms in total. The molecule has 0 bridgehead atoms. The highest BCUT2D eigenvalue weighted by Gasteiger charge is 2.08. The van der Waals surface area contributed by atoms with Gasteiger partial charge in [0.25, 0.3) is 0 Å². The van der Waals surface area contributed by atoms with Crippen LogP contribution < -0.4 is 10.6 Å². The molecule has 2 aromatic rings. The van der Waals surface area contributed by atoms with Crippen LogP contribution in [0.1, 0.15) is 24.6 Å². The van der Waals surface area contributed by atoms with Gasteiger partial charge in [0.2, 0.25) is 0 Å². The summed E-state index contributed by atoms with van der Waals surface area (Å²) < 4.78 is 2.09. The number of nitrogens with zero attached hydrogens (tertiary/aromatic N) is 2. The molecule has 0 aliphatic heterocycles. The molecule has 23 heavy (non-hydrogen) atoms. The second kappa shape index (κ2) is 8.04. The third-order valence-electron chi connectivity index (χ3n) is 3.76. The molecule has 2 N–H and O–H groups in total. The van der Waals surface area contributed by atoms with Crippen molar-refractivity contribution >= 4 is 11.7 Å². The standard InChI is InChI=1S/C18H22N4O/c1-14(5-10-17-4-3-13-22(17)2)20-18(23)21-16-8-6-15(7-9-16)11-12-19/h3-4,6-9,13-14H,5,10-11H2,1-2H3,(H2,20,21,23). The fraction of sp³-hybridized carbons (Fsp3) is 0.333. The van der Waals surface area contributed by atoms with Crippen molar-refractivity contribution in [3.8, 4) is 6.07 Å². The molecule has 2 amide bonds. The van der Waals surface area contributed by atoms with Crippen molar-refractivity contribution in [1.29, 1.82) is 5.26 Å². The Bertz CT molecular complexity index is 682. The Morgan fingerprint density at radius 2 is 2.04 bits per heavy atom. The molecule has 1 aromatic heterocycles. The van der Waals surface area contributed by atoms with Gasteiger partial charge in [-0.3, -0.25) is 0 Å². The van der Waals surface area contributed by atoms with Crippen LogP contribution in [0.3, 0.4) is 0 Å². The SMILES string of the molecule is CC(CCc1cccn1C)NC(=O)Nc1ccc(CC#N)cc1. The van der Waals surface area contributed by atoms with Crippen LogP contribution >= 0.6 is 0 Å².